The smallest absolute Gasteiger partial charge is 0.235 e. The van der Waals surface area contributed by atoms with Crippen LogP contribution in [0.3, 0.4) is 0 Å². The molecule has 7 heteroatoms. The summed E-state index contributed by atoms with van der Waals surface area (Å²) in [5.41, 5.74) is 3.61. The summed E-state index contributed by atoms with van der Waals surface area (Å²) in [5, 5.41) is 11.7. The average molecular weight is 396 g/mol. The molecular weight excluding hydrogens is 366 g/mol. The van der Waals surface area contributed by atoms with E-state index < -0.39 is 0 Å². The quantitative estimate of drug-likeness (QED) is 0.761. The highest BCUT2D eigenvalue weighted by Gasteiger charge is 2.37. The number of anilines is 1. The Balaban J connectivity index is 1.45. The standard InChI is InChI=1S/C22H29N5O2/c1-26-20-15(19(25-26)16-5-6-18(28)24-21(16)29)3-2-4-17(20)27-13-9-22(10-14-27)7-11-23-12-8-22/h2-4,16,23H,5-14H2,1H3,(H,24,28,29). The van der Waals surface area contributed by atoms with E-state index in [0.29, 0.717) is 18.3 Å². The predicted molar refractivity (Wildman–Crippen MR) is 112 cm³/mol. The Kier molecular flexibility index (Phi) is 4.57. The van der Waals surface area contributed by atoms with Gasteiger partial charge in [-0.05, 0) is 56.7 Å². The first kappa shape index (κ1) is 18.6. The van der Waals surface area contributed by atoms with Crippen LogP contribution >= 0.6 is 0 Å². The SMILES string of the molecule is Cn1nc(C2CCC(=O)NC2=O)c2cccc(N3CCC4(CCNCC4)CC3)c21. The number of aryl methyl sites for hydroxylation is 1. The fourth-order valence-corrected chi connectivity index (χ4v) is 5.49. The number of aromatic nitrogens is 2. The van der Waals surface area contributed by atoms with Gasteiger partial charge < -0.3 is 10.2 Å². The zero-order valence-corrected chi connectivity index (χ0v) is 17.0. The number of hydrogen-bond acceptors (Lipinski definition) is 5. The molecule has 154 valence electrons. The molecule has 4 heterocycles. The summed E-state index contributed by atoms with van der Waals surface area (Å²) in [6.45, 7) is 4.43. The van der Waals surface area contributed by atoms with Crippen LogP contribution in [0.1, 0.15) is 50.1 Å². The van der Waals surface area contributed by atoms with Gasteiger partial charge in [-0.25, -0.2) is 0 Å². The first-order chi connectivity index (χ1) is 14.1. The van der Waals surface area contributed by atoms with Gasteiger partial charge in [-0.2, -0.15) is 5.10 Å². The number of piperidine rings is 3. The summed E-state index contributed by atoms with van der Waals surface area (Å²) in [7, 11) is 1.96. The number of amides is 2. The Morgan fingerprint density at radius 1 is 1.10 bits per heavy atom. The van der Waals surface area contributed by atoms with E-state index in [1.165, 1.54) is 31.4 Å². The lowest BCUT2D eigenvalue weighted by molar-refractivity contribution is -0.134. The zero-order chi connectivity index (χ0) is 20.0. The molecule has 2 N–H and O–H groups in total. The molecule has 1 unspecified atom stereocenters. The van der Waals surface area contributed by atoms with Crippen molar-refractivity contribution in [2.24, 2.45) is 12.5 Å². The Morgan fingerprint density at radius 2 is 1.86 bits per heavy atom. The number of fused-ring (bicyclic) bond motifs is 1. The van der Waals surface area contributed by atoms with Gasteiger partial charge in [-0.1, -0.05) is 12.1 Å². The summed E-state index contributed by atoms with van der Waals surface area (Å²) < 4.78 is 1.92. The third kappa shape index (κ3) is 3.21. The van der Waals surface area contributed by atoms with E-state index in [1.807, 2.05) is 11.7 Å². The van der Waals surface area contributed by atoms with Crippen molar-refractivity contribution in [2.75, 3.05) is 31.1 Å². The molecule has 3 aliphatic heterocycles. The summed E-state index contributed by atoms with van der Waals surface area (Å²) >= 11 is 0. The fourth-order valence-electron chi connectivity index (χ4n) is 5.49. The van der Waals surface area contributed by atoms with Crippen molar-refractivity contribution in [3.8, 4) is 0 Å². The molecule has 1 aromatic carbocycles. The second kappa shape index (κ2) is 7.13. The van der Waals surface area contributed by atoms with Gasteiger partial charge in [0, 0.05) is 31.9 Å². The molecule has 3 fully saturated rings. The molecule has 1 aromatic heterocycles. The Hall–Kier alpha value is -2.41. The van der Waals surface area contributed by atoms with Crippen LogP contribution in [0.4, 0.5) is 5.69 Å². The minimum Gasteiger partial charge on any atom is -0.370 e. The van der Waals surface area contributed by atoms with Crippen molar-refractivity contribution >= 4 is 28.4 Å². The average Bonchev–Trinajstić information content (AvgIpc) is 3.06. The van der Waals surface area contributed by atoms with Crippen LogP contribution < -0.4 is 15.5 Å². The second-order valence-corrected chi connectivity index (χ2v) is 8.92. The number of imide groups is 1. The molecule has 7 nitrogen and oxygen atoms in total. The summed E-state index contributed by atoms with van der Waals surface area (Å²) in [4.78, 5) is 26.5. The van der Waals surface area contributed by atoms with Crippen LogP contribution in [0.5, 0.6) is 0 Å². The van der Waals surface area contributed by atoms with Gasteiger partial charge in [0.05, 0.1) is 22.8 Å². The van der Waals surface area contributed by atoms with Crippen LogP contribution in [0.25, 0.3) is 10.9 Å². The number of carbonyl (C=O) groups excluding carboxylic acids is 2. The third-order valence-electron chi connectivity index (χ3n) is 7.27. The first-order valence-corrected chi connectivity index (χ1v) is 10.8. The van der Waals surface area contributed by atoms with Crippen LogP contribution in [0.2, 0.25) is 0 Å². The van der Waals surface area contributed by atoms with Gasteiger partial charge >= 0.3 is 0 Å². The molecule has 1 atom stereocenters. The predicted octanol–water partition coefficient (Wildman–Crippen LogP) is 2.06. The molecule has 2 aromatic rings. The largest absolute Gasteiger partial charge is 0.370 e. The number of hydrogen-bond donors (Lipinski definition) is 2. The zero-order valence-electron chi connectivity index (χ0n) is 17.0. The van der Waals surface area contributed by atoms with Crippen molar-refractivity contribution in [3.05, 3.63) is 23.9 Å². The lowest BCUT2D eigenvalue weighted by atomic mass is 9.71. The lowest BCUT2D eigenvalue weighted by Crippen LogP contribution is -2.45. The highest BCUT2D eigenvalue weighted by atomic mass is 16.2. The Morgan fingerprint density at radius 3 is 2.59 bits per heavy atom. The highest BCUT2D eigenvalue weighted by molar-refractivity contribution is 6.03. The van der Waals surface area contributed by atoms with Crippen molar-refractivity contribution in [1.82, 2.24) is 20.4 Å². The number of nitrogens with zero attached hydrogens (tertiary/aromatic N) is 3. The Bertz CT molecular complexity index is 950. The third-order valence-corrected chi connectivity index (χ3v) is 7.27. The number of carbonyl (C=O) groups is 2. The van der Waals surface area contributed by atoms with Crippen molar-refractivity contribution in [2.45, 2.75) is 44.4 Å². The van der Waals surface area contributed by atoms with Crippen molar-refractivity contribution in [1.29, 1.82) is 0 Å². The van der Waals surface area contributed by atoms with Gasteiger partial charge in [0.2, 0.25) is 11.8 Å². The molecule has 0 radical (unpaired) electrons. The molecule has 29 heavy (non-hydrogen) atoms. The molecule has 0 aliphatic carbocycles. The topological polar surface area (TPSA) is 79.3 Å². The minimum absolute atomic E-state index is 0.188. The highest BCUT2D eigenvalue weighted by Crippen LogP contribution is 2.42. The van der Waals surface area contributed by atoms with Crippen LogP contribution in [0, 0.1) is 5.41 Å². The number of para-hydroxylation sites is 1. The molecule has 0 saturated carbocycles. The van der Waals surface area contributed by atoms with Crippen molar-refractivity contribution in [3.63, 3.8) is 0 Å². The van der Waals surface area contributed by atoms with Crippen LogP contribution in [-0.2, 0) is 16.6 Å². The first-order valence-electron chi connectivity index (χ1n) is 10.8. The van der Waals surface area contributed by atoms with E-state index in [4.69, 9.17) is 5.10 Å². The van der Waals surface area contributed by atoms with Crippen LogP contribution in [-0.4, -0.2) is 47.8 Å². The number of rotatable bonds is 2. The Labute approximate surface area is 170 Å². The summed E-state index contributed by atoms with van der Waals surface area (Å²) in [5.74, 6) is -0.768. The van der Waals surface area contributed by atoms with E-state index in [9.17, 15) is 9.59 Å². The number of nitrogens with one attached hydrogen (secondary N) is 2. The molecule has 2 amide bonds. The van der Waals surface area contributed by atoms with E-state index in [0.717, 1.165) is 42.8 Å². The van der Waals surface area contributed by atoms with Crippen molar-refractivity contribution < 1.29 is 9.59 Å². The molecule has 3 saturated heterocycles. The van der Waals surface area contributed by atoms with Gasteiger partial charge in [0.15, 0.2) is 0 Å². The van der Waals surface area contributed by atoms with E-state index in [2.05, 4.69) is 33.7 Å². The normalized spacial score (nSPS) is 24.9. The maximum atomic E-state index is 12.4. The van der Waals surface area contributed by atoms with Crippen LogP contribution in [0.15, 0.2) is 18.2 Å². The summed E-state index contributed by atoms with van der Waals surface area (Å²) in [6.07, 6.45) is 5.96. The fraction of sp³-hybridized carbons (Fsp3) is 0.591. The molecule has 5 rings (SSSR count). The van der Waals surface area contributed by atoms with Gasteiger partial charge in [0.25, 0.3) is 0 Å². The second-order valence-electron chi connectivity index (χ2n) is 8.92. The molecule has 1 spiro atoms. The van der Waals surface area contributed by atoms with Gasteiger partial charge in [0.1, 0.15) is 0 Å². The molecular formula is C22H29N5O2. The van der Waals surface area contributed by atoms with E-state index >= 15 is 0 Å². The van der Waals surface area contributed by atoms with E-state index in [-0.39, 0.29) is 17.7 Å². The molecule has 0 bridgehead atoms. The van der Waals surface area contributed by atoms with E-state index in [1.54, 1.807) is 0 Å². The lowest BCUT2D eigenvalue weighted by Gasteiger charge is -2.45. The maximum absolute atomic E-state index is 12.4. The monoisotopic (exact) mass is 395 g/mol. The van der Waals surface area contributed by atoms with Gasteiger partial charge in [-0.3, -0.25) is 19.6 Å². The summed E-state index contributed by atoms with van der Waals surface area (Å²) in [6, 6.07) is 6.31. The maximum Gasteiger partial charge on any atom is 0.235 e. The molecule has 3 aliphatic rings. The minimum atomic E-state index is -0.356. The number of benzene rings is 1. The van der Waals surface area contributed by atoms with Gasteiger partial charge in [-0.15, -0.1) is 0 Å².